The summed E-state index contributed by atoms with van der Waals surface area (Å²) in [5.74, 6) is 1.01. The molecule has 3 rings (SSSR count). The highest BCUT2D eigenvalue weighted by molar-refractivity contribution is 5.82. The number of rotatable bonds is 6. The first-order chi connectivity index (χ1) is 12.5. The van der Waals surface area contributed by atoms with Crippen molar-refractivity contribution in [2.75, 3.05) is 32.0 Å². The molecule has 140 valence electrons. The van der Waals surface area contributed by atoms with Gasteiger partial charge in [-0.05, 0) is 52.4 Å². The Morgan fingerprint density at radius 3 is 2.88 bits per heavy atom. The molecule has 2 unspecified atom stereocenters. The van der Waals surface area contributed by atoms with Gasteiger partial charge in [-0.2, -0.15) is 5.26 Å². The van der Waals surface area contributed by atoms with Gasteiger partial charge in [0.25, 0.3) is 0 Å². The van der Waals surface area contributed by atoms with Gasteiger partial charge in [0.05, 0.1) is 12.4 Å². The zero-order valence-corrected chi connectivity index (χ0v) is 15.6. The first kappa shape index (κ1) is 18.4. The van der Waals surface area contributed by atoms with Gasteiger partial charge in [-0.1, -0.05) is 6.42 Å². The molecule has 8 heteroatoms. The van der Waals surface area contributed by atoms with Gasteiger partial charge in [-0.25, -0.2) is 9.56 Å². The van der Waals surface area contributed by atoms with E-state index in [2.05, 4.69) is 33.2 Å². The van der Waals surface area contributed by atoms with E-state index >= 15 is 0 Å². The summed E-state index contributed by atoms with van der Waals surface area (Å²) < 4.78 is 1.51. The van der Waals surface area contributed by atoms with E-state index in [1.807, 2.05) is 13.1 Å². The lowest BCUT2D eigenvalue weighted by Gasteiger charge is -2.40. The molecule has 0 spiro atoms. The Bertz CT molecular complexity index is 724. The number of amidine groups is 1. The van der Waals surface area contributed by atoms with Crippen molar-refractivity contribution in [3.63, 3.8) is 0 Å². The van der Waals surface area contributed by atoms with Crippen LogP contribution in [0, 0.1) is 16.9 Å². The topological polar surface area (TPSA) is 109 Å². The molecule has 1 aromatic rings. The smallest absolute Gasteiger partial charge is 0.190 e. The highest BCUT2D eigenvalue weighted by Crippen LogP contribution is 2.37. The predicted octanol–water partition coefficient (Wildman–Crippen LogP) is 1.56. The third-order valence-electron chi connectivity index (χ3n) is 5.69. The van der Waals surface area contributed by atoms with Gasteiger partial charge < -0.3 is 11.1 Å². The molecule has 1 saturated heterocycles. The fourth-order valence-electron chi connectivity index (χ4n) is 3.94. The molecule has 4 N–H and O–H groups in total. The average molecular weight is 356 g/mol. The highest BCUT2D eigenvalue weighted by Gasteiger charge is 2.37. The normalized spacial score (nSPS) is 23.9. The number of anilines is 1. The molecule has 8 nitrogen and oxygen atoms in total. The minimum absolute atomic E-state index is 0.0183. The number of aliphatic imine (C=N–C) groups is 1. The number of hydrogen-bond acceptors (Lipinski definition) is 6. The number of likely N-dealkylation sites (tertiary alicyclic amines) is 1. The van der Waals surface area contributed by atoms with E-state index in [4.69, 9.17) is 11.1 Å². The maximum absolute atomic E-state index is 9.24. The van der Waals surface area contributed by atoms with Gasteiger partial charge in [-0.3, -0.25) is 15.2 Å². The maximum atomic E-state index is 9.24. The van der Waals surface area contributed by atoms with Crippen LogP contribution in [0.5, 0.6) is 0 Å². The first-order valence-corrected chi connectivity index (χ1v) is 9.18. The average Bonchev–Trinajstić information content (AvgIpc) is 3.07. The first-order valence-electron chi connectivity index (χ1n) is 9.18. The van der Waals surface area contributed by atoms with Crippen molar-refractivity contribution in [2.45, 2.75) is 44.3 Å². The molecule has 0 amide bonds. The molecule has 26 heavy (non-hydrogen) atoms. The third-order valence-corrected chi connectivity index (χ3v) is 5.69. The fourth-order valence-corrected chi connectivity index (χ4v) is 3.94. The van der Waals surface area contributed by atoms with Crippen molar-refractivity contribution in [1.29, 1.82) is 10.7 Å². The van der Waals surface area contributed by atoms with Crippen molar-refractivity contribution >= 4 is 18.0 Å². The Hall–Kier alpha value is -2.37. The molecule has 0 radical (unpaired) electrons. The summed E-state index contributed by atoms with van der Waals surface area (Å²) in [6.45, 7) is 4.84. The van der Waals surface area contributed by atoms with Crippen LogP contribution in [0.2, 0.25) is 0 Å². The molecule has 0 aromatic carbocycles. The largest absolute Gasteiger partial charge is 0.386 e. The molecule has 0 aliphatic carbocycles. The van der Waals surface area contributed by atoms with Crippen molar-refractivity contribution in [3.05, 3.63) is 17.8 Å². The Kier molecular flexibility index (Phi) is 5.30. The van der Waals surface area contributed by atoms with Gasteiger partial charge in [0, 0.05) is 18.3 Å². The van der Waals surface area contributed by atoms with E-state index in [1.165, 1.54) is 23.8 Å². The molecule has 3 heterocycles. The van der Waals surface area contributed by atoms with Crippen LogP contribution >= 0.6 is 0 Å². The Labute approximate surface area is 154 Å². The predicted molar refractivity (Wildman–Crippen MR) is 103 cm³/mol. The molecule has 1 aromatic heterocycles. The van der Waals surface area contributed by atoms with E-state index in [0.717, 1.165) is 37.4 Å². The lowest BCUT2D eigenvalue weighted by Crippen LogP contribution is -2.50. The summed E-state index contributed by atoms with van der Waals surface area (Å²) in [5, 5.41) is 20.3. The van der Waals surface area contributed by atoms with Crippen molar-refractivity contribution in [1.82, 2.24) is 14.4 Å². The SMILES string of the molecule is CN(CCC(C(=N)N)N1CCCCC1)C1(C)N=CNc2c1ccn2C#N. The summed E-state index contributed by atoms with van der Waals surface area (Å²) in [6.07, 6.45) is 9.96. The molecule has 0 saturated carbocycles. The van der Waals surface area contributed by atoms with Crippen LogP contribution in [0.25, 0.3) is 0 Å². The lowest BCUT2D eigenvalue weighted by molar-refractivity contribution is 0.122. The number of nitrogens with one attached hydrogen (secondary N) is 2. The molecule has 2 aliphatic heterocycles. The maximum Gasteiger partial charge on any atom is 0.190 e. The molecule has 1 fully saturated rings. The Morgan fingerprint density at radius 2 is 2.23 bits per heavy atom. The summed E-state index contributed by atoms with van der Waals surface area (Å²) in [5.41, 5.74) is 6.33. The molecule has 0 bridgehead atoms. The molecular weight excluding hydrogens is 328 g/mol. The van der Waals surface area contributed by atoms with Gasteiger partial charge in [0.15, 0.2) is 6.19 Å². The van der Waals surface area contributed by atoms with Crippen LogP contribution in [-0.2, 0) is 5.66 Å². The number of nitriles is 1. The van der Waals surface area contributed by atoms with E-state index in [-0.39, 0.29) is 11.9 Å². The zero-order valence-electron chi connectivity index (χ0n) is 15.6. The van der Waals surface area contributed by atoms with E-state index in [0.29, 0.717) is 0 Å². The number of nitrogens with two attached hydrogens (primary N) is 1. The number of nitrogens with zero attached hydrogens (tertiary/aromatic N) is 5. The summed E-state index contributed by atoms with van der Waals surface area (Å²) in [7, 11) is 2.03. The van der Waals surface area contributed by atoms with Crippen LogP contribution in [0.1, 0.15) is 38.2 Å². The van der Waals surface area contributed by atoms with Gasteiger partial charge in [0.1, 0.15) is 17.3 Å². The van der Waals surface area contributed by atoms with Crippen LogP contribution in [0.3, 0.4) is 0 Å². The second-order valence-electron chi connectivity index (χ2n) is 7.25. The Morgan fingerprint density at radius 1 is 1.50 bits per heavy atom. The zero-order chi connectivity index (χ0) is 18.7. The molecular formula is C18H28N8. The minimum atomic E-state index is -0.550. The fraction of sp³-hybridized carbons (Fsp3) is 0.611. The highest BCUT2D eigenvalue weighted by atomic mass is 15.3. The van der Waals surface area contributed by atoms with E-state index < -0.39 is 5.66 Å². The minimum Gasteiger partial charge on any atom is -0.386 e. The van der Waals surface area contributed by atoms with Crippen LogP contribution in [0.4, 0.5) is 5.82 Å². The van der Waals surface area contributed by atoms with Crippen LogP contribution in [-0.4, -0.2) is 59.3 Å². The van der Waals surface area contributed by atoms with Gasteiger partial charge in [0.2, 0.25) is 0 Å². The monoisotopic (exact) mass is 356 g/mol. The van der Waals surface area contributed by atoms with Crippen LogP contribution < -0.4 is 11.1 Å². The Balaban J connectivity index is 1.72. The van der Waals surface area contributed by atoms with Crippen molar-refractivity contribution in [3.8, 4) is 6.19 Å². The molecule has 2 atom stereocenters. The van der Waals surface area contributed by atoms with Crippen LogP contribution in [0.15, 0.2) is 17.3 Å². The summed E-state index contributed by atoms with van der Waals surface area (Å²) >= 11 is 0. The van der Waals surface area contributed by atoms with Gasteiger partial charge >= 0.3 is 0 Å². The number of aromatic nitrogens is 1. The van der Waals surface area contributed by atoms with E-state index in [1.54, 1.807) is 12.5 Å². The lowest BCUT2D eigenvalue weighted by atomic mass is 10.00. The number of fused-ring (bicyclic) bond motifs is 1. The molecule has 2 aliphatic rings. The standard InChI is InChI=1S/C18H28N8/c1-18(14-6-11-26(12-19)17(14)22-13-23-18)24(2)10-7-15(16(20)21)25-8-4-3-5-9-25/h6,11,13,15H,3-5,7-10H2,1-2H3,(H3,20,21)(H,22,23). The second kappa shape index (κ2) is 7.48. The quantitative estimate of drug-likeness (QED) is 0.529. The van der Waals surface area contributed by atoms with Gasteiger partial charge in [-0.15, -0.1) is 0 Å². The summed E-state index contributed by atoms with van der Waals surface area (Å²) in [6, 6.07) is 1.92. The van der Waals surface area contributed by atoms with Crippen molar-refractivity contribution < 1.29 is 0 Å². The van der Waals surface area contributed by atoms with E-state index in [9.17, 15) is 5.26 Å². The number of hydrogen-bond donors (Lipinski definition) is 3. The second-order valence-corrected chi connectivity index (χ2v) is 7.25. The summed E-state index contributed by atoms with van der Waals surface area (Å²) in [4.78, 5) is 9.16. The number of piperidine rings is 1. The third kappa shape index (κ3) is 3.32. The van der Waals surface area contributed by atoms with Crippen molar-refractivity contribution in [2.24, 2.45) is 10.7 Å².